The van der Waals surface area contributed by atoms with Crippen LogP contribution in [0.5, 0.6) is 0 Å². The number of nitrogens with one attached hydrogen (secondary N) is 1. The highest BCUT2D eigenvalue weighted by atomic mass is 35.5. The predicted octanol–water partition coefficient (Wildman–Crippen LogP) is 3.60. The molecule has 0 fully saturated rings. The quantitative estimate of drug-likeness (QED) is 0.603. The van der Waals surface area contributed by atoms with E-state index in [1.807, 2.05) is 0 Å². The van der Waals surface area contributed by atoms with Crippen molar-refractivity contribution in [1.82, 2.24) is 4.90 Å². The zero-order valence-electron chi connectivity index (χ0n) is 13.0. The monoisotopic (exact) mass is 385 g/mol. The Hall–Kier alpha value is -2.58. The number of amides is 2. The van der Waals surface area contributed by atoms with E-state index in [2.05, 4.69) is 5.32 Å². The third-order valence-electron chi connectivity index (χ3n) is 3.21. The lowest BCUT2D eigenvalue weighted by Crippen LogP contribution is -2.37. The van der Waals surface area contributed by atoms with E-state index in [0.29, 0.717) is 0 Å². The molecule has 132 valence electrons. The Morgan fingerprint density at radius 2 is 1.88 bits per heavy atom. The van der Waals surface area contributed by atoms with Gasteiger partial charge in [0, 0.05) is 6.54 Å². The maximum absolute atomic E-state index is 12.3. The number of hydrogen-bond donors (Lipinski definition) is 1. The van der Waals surface area contributed by atoms with Gasteiger partial charge in [-0.1, -0.05) is 29.3 Å². The van der Waals surface area contributed by atoms with Crippen LogP contribution in [0.2, 0.25) is 10.0 Å². The number of hydrogen-bond acceptors (Lipinski definition) is 5. The fraction of sp³-hybridized carbons (Fsp3) is 0.200. The number of rotatable bonds is 6. The third-order valence-corrected chi connectivity index (χ3v) is 3.84. The number of nitrogens with zero attached hydrogens (tertiary/aromatic N) is 2. The Labute approximate surface area is 152 Å². The van der Waals surface area contributed by atoms with Gasteiger partial charge in [0.25, 0.3) is 5.91 Å². The molecule has 1 heterocycles. The van der Waals surface area contributed by atoms with E-state index in [4.69, 9.17) is 27.6 Å². The van der Waals surface area contributed by atoms with Gasteiger partial charge in [0.1, 0.15) is 11.5 Å². The molecule has 0 aliphatic carbocycles. The molecule has 0 bridgehead atoms. The van der Waals surface area contributed by atoms with Crippen LogP contribution in [0.25, 0.3) is 0 Å². The summed E-state index contributed by atoms with van der Waals surface area (Å²) in [6.07, 6.45) is 0. The molecule has 0 unspecified atom stereocenters. The first-order valence-electron chi connectivity index (χ1n) is 7.10. The van der Waals surface area contributed by atoms with Crippen molar-refractivity contribution in [3.8, 4) is 0 Å². The maximum Gasteiger partial charge on any atom is 0.433 e. The molecule has 2 aromatic rings. The van der Waals surface area contributed by atoms with E-state index < -0.39 is 22.6 Å². The fourth-order valence-corrected chi connectivity index (χ4v) is 2.49. The van der Waals surface area contributed by atoms with E-state index in [9.17, 15) is 19.7 Å². The lowest BCUT2D eigenvalue weighted by atomic mass is 10.3. The molecule has 1 N–H and O–H groups in total. The van der Waals surface area contributed by atoms with Gasteiger partial charge >= 0.3 is 5.88 Å². The van der Waals surface area contributed by atoms with Crippen LogP contribution in [-0.4, -0.2) is 34.7 Å². The van der Waals surface area contributed by atoms with Gasteiger partial charge in [-0.15, -0.1) is 0 Å². The number of halogens is 2. The van der Waals surface area contributed by atoms with Crippen molar-refractivity contribution in [2.24, 2.45) is 0 Å². The number of carbonyl (C=O) groups excluding carboxylic acids is 2. The summed E-state index contributed by atoms with van der Waals surface area (Å²) in [5.41, 5.74) is 0.243. The number of likely N-dealkylation sites (N-methyl/N-ethyl adjacent to an activating group) is 1. The van der Waals surface area contributed by atoms with E-state index in [1.165, 1.54) is 11.0 Å². The van der Waals surface area contributed by atoms with Crippen molar-refractivity contribution < 1.29 is 18.9 Å². The number of carbonyl (C=O) groups is 2. The molecule has 10 heteroatoms. The largest absolute Gasteiger partial charge is 0.433 e. The first-order valence-corrected chi connectivity index (χ1v) is 7.86. The van der Waals surface area contributed by atoms with E-state index in [1.54, 1.807) is 25.1 Å². The molecule has 0 aliphatic rings. The first kappa shape index (κ1) is 18.8. The molecule has 0 spiro atoms. The molecular weight excluding hydrogens is 373 g/mol. The van der Waals surface area contributed by atoms with Crippen molar-refractivity contribution in [3.63, 3.8) is 0 Å². The van der Waals surface area contributed by atoms with Gasteiger partial charge in [-0.3, -0.25) is 19.7 Å². The van der Waals surface area contributed by atoms with Crippen LogP contribution in [0.15, 0.2) is 34.7 Å². The van der Waals surface area contributed by atoms with E-state index in [0.717, 1.165) is 6.07 Å². The van der Waals surface area contributed by atoms with E-state index in [-0.39, 0.29) is 34.6 Å². The highest BCUT2D eigenvalue weighted by Gasteiger charge is 2.23. The molecule has 1 aromatic heterocycles. The van der Waals surface area contributed by atoms with Crippen LogP contribution in [0.1, 0.15) is 17.5 Å². The van der Waals surface area contributed by atoms with Gasteiger partial charge in [-0.25, -0.2) is 0 Å². The Bertz CT molecular complexity index is 801. The highest BCUT2D eigenvalue weighted by molar-refractivity contribution is 6.39. The van der Waals surface area contributed by atoms with Crippen LogP contribution >= 0.6 is 23.2 Å². The van der Waals surface area contributed by atoms with Crippen LogP contribution < -0.4 is 5.32 Å². The van der Waals surface area contributed by atoms with Gasteiger partial charge in [-0.05, 0) is 25.1 Å². The average molecular weight is 386 g/mol. The zero-order valence-corrected chi connectivity index (χ0v) is 14.5. The highest BCUT2D eigenvalue weighted by Crippen LogP contribution is 2.29. The average Bonchev–Trinajstić information content (AvgIpc) is 3.06. The minimum atomic E-state index is -0.751. The Morgan fingerprint density at radius 1 is 1.24 bits per heavy atom. The zero-order chi connectivity index (χ0) is 18.6. The van der Waals surface area contributed by atoms with Gasteiger partial charge in [0.2, 0.25) is 5.91 Å². The van der Waals surface area contributed by atoms with Crippen molar-refractivity contribution in [1.29, 1.82) is 0 Å². The molecule has 1 aromatic carbocycles. The minimum absolute atomic E-state index is 0.191. The van der Waals surface area contributed by atoms with E-state index >= 15 is 0 Å². The summed E-state index contributed by atoms with van der Waals surface area (Å²) in [6.45, 7) is 1.55. The number of furan rings is 1. The second kappa shape index (κ2) is 8.00. The lowest BCUT2D eigenvalue weighted by Gasteiger charge is -2.19. The van der Waals surface area contributed by atoms with Crippen LogP contribution in [0.3, 0.4) is 0 Å². The van der Waals surface area contributed by atoms with Gasteiger partial charge in [0.05, 0.1) is 21.8 Å². The minimum Gasteiger partial charge on any atom is -0.395 e. The summed E-state index contributed by atoms with van der Waals surface area (Å²) < 4.78 is 4.86. The second-order valence-corrected chi connectivity index (χ2v) is 5.67. The Kier molecular flexibility index (Phi) is 6.00. The molecule has 0 saturated carbocycles. The summed E-state index contributed by atoms with van der Waals surface area (Å²) >= 11 is 12.0. The van der Waals surface area contributed by atoms with Gasteiger partial charge < -0.3 is 14.6 Å². The molecule has 25 heavy (non-hydrogen) atoms. The summed E-state index contributed by atoms with van der Waals surface area (Å²) in [5, 5.41) is 13.7. The lowest BCUT2D eigenvalue weighted by molar-refractivity contribution is -0.402. The van der Waals surface area contributed by atoms with Crippen molar-refractivity contribution in [3.05, 3.63) is 56.3 Å². The normalized spacial score (nSPS) is 10.4. The summed E-state index contributed by atoms with van der Waals surface area (Å²) in [7, 11) is 0. The number of para-hydroxylation sites is 1. The summed E-state index contributed by atoms with van der Waals surface area (Å²) in [4.78, 5) is 35.5. The van der Waals surface area contributed by atoms with Crippen molar-refractivity contribution in [2.45, 2.75) is 6.92 Å². The second-order valence-electron chi connectivity index (χ2n) is 4.86. The molecule has 0 radical (unpaired) electrons. The van der Waals surface area contributed by atoms with Gasteiger partial charge in [0.15, 0.2) is 5.76 Å². The molecule has 0 saturated heterocycles. The van der Waals surface area contributed by atoms with Crippen molar-refractivity contribution in [2.75, 3.05) is 18.4 Å². The summed E-state index contributed by atoms with van der Waals surface area (Å²) in [5.74, 6) is -1.94. The SMILES string of the molecule is CCN(CC(=O)Nc1c(Cl)cccc1Cl)C(=O)c1ccc([N+](=O)[O-])o1. The van der Waals surface area contributed by atoms with Crippen LogP contribution in [0.4, 0.5) is 11.6 Å². The fourth-order valence-electron chi connectivity index (χ4n) is 1.99. The molecular formula is C15H13Cl2N3O5. The Morgan fingerprint density at radius 3 is 2.40 bits per heavy atom. The molecule has 8 nitrogen and oxygen atoms in total. The topological polar surface area (TPSA) is 106 Å². The number of benzene rings is 1. The third kappa shape index (κ3) is 4.49. The molecule has 0 aliphatic heterocycles. The number of anilines is 1. The van der Waals surface area contributed by atoms with Crippen molar-refractivity contribution >= 4 is 46.6 Å². The first-order chi connectivity index (χ1) is 11.8. The maximum atomic E-state index is 12.3. The summed E-state index contributed by atoms with van der Waals surface area (Å²) in [6, 6.07) is 7.02. The molecule has 2 rings (SSSR count). The molecule has 0 atom stereocenters. The standard InChI is InChI=1S/C15H13Cl2N3O5/c1-2-19(15(22)11-6-7-13(25-11)20(23)24)8-12(21)18-14-9(16)4-3-5-10(14)17/h3-7H,2,8H2,1H3,(H,18,21). The van der Waals surface area contributed by atoms with Gasteiger partial charge in [-0.2, -0.15) is 0 Å². The number of nitro groups is 1. The molecule has 2 amide bonds. The Balaban J connectivity index is 2.09. The smallest absolute Gasteiger partial charge is 0.395 e. The van der Waals surface area contributed by atoms with Crippen LogP contribution in [0, 0.1) is 10.1 Å². The predicted molar refractivity (Wildman–Crippen MR) is 92.0 cm³/mol. The van der Waals surface area contributed by atoms with Crippen LogP contribution in [-0.2, 0) is 4.79 Å².